The maximum atomic E-state index is 12.4. The second-order valence-electron chi connectivity index (χ2n) is 5.01. The zero-order chi connectivity index (χ0) is 14.1. The summed E-state index contributed by atoms with van der Waals surface area (Å²) < 4.78 is 5.14. The minimum atomic E-state index is 0.143. The molecular weight excluding hydrogens is 248 g/mol. The maximum Gasteiger partial charge on any atom is 0.189 e. The lowest BCUT2D eigenvalue weighted by Gasteiger charge is -2.05. The second kappa shape index (κ2) is 4.97. The highest BCUT2D eigenvalue weighted by Gasteiger charge is 2.30. The van der Waals surface area contributed by atoms with E-state index in [0.29, 0.717) is 0 Å². The second-order valence-corrected chi connectivity index (χ2v) is 5.01. The predicted octanol–water partition coefficient (Wildman–Crippen LogP) is 4.08. The van der Waals surface area contributed by atoms with E-state index in [1.165, 1.54) is 0 Å². The Labute approximate surface area is 118 Å². The van der Waals surface area contributed by atoms with Crippen molar-refractivity contribution in [2.75, 3.05) is 7.11 Å². The molecule has 3 rings (SSSR count). The number of hydrogen-bond acceptors (Lipinski definition) is 2. The highest BCUT2D eigenvalue weighted by molar-refractivity contribution is 6.16. The first-order chi connectivity index (χ1) is 9.70. The molecule has 0 heterocycles. The molecule has 0 saturated heterocycles. The molecule has 0 spiro atoms. The molecule has 0 aliphatic heterocycles. The quantitative estimate of drug-likeness (QED) is 0.764. The summed E-state index contributed by atoms with van der Waals surface area (Å²) in [5.74, 6) is 1.12. The lowest BCUT2D eigenvalue weighted by Crippen LogP contribution is -1.97. The van der Waals surface area contributed by atoms with Crippen molar-refractivity contribution in [1.82, 2.24) is 0 Å². The standard InChI is InChI=1S/C18H16O2/c1-12-15-5-3-4-6-16(15)18(19)17(12)11-13-7-9-14(20-2)10-8-13/h3-12H,1-2H3/b17-11-. The zero-order valence-electron chi connectivity index (χ0n) is 11.6. The molecule has 0 aromatic heterocycles. The van der Waals surface area contributed by atoms with Crippen molar-refractivity contribution in [3.8, 4) is 5.75 Å². The summed E-state index contributed by atoms with van der Waals surface area (Å²) in [6, 6.07) is 15.6. The number of rotatable bonds is 2. The van der Waals surface area contributed by atoms with Crippen LogP contribution in [-0.4, -0.2) is 12.9 Å². The van der Waals surface area contributed by atoms with Crippen LogP contribution >= 0.6 is 0 Å². The first kappa shape index (κ1) is 12.7. The Bertz CT molecular complexity index is 681. The van der Waals surface area contributed by atoms with E-state index in [4.69, 9.17) is 4.74 Å². The molecule has 0 amide bonds. The summed E-state index contributed by atoms with van der Waals surface area (Å²) in [5.41, 5.74) is 3.84. The maximum absolute atomic E-state index is 12.4. The number of Topliss-reactive ketones (excluding diaryl/α,β-unsaturated/α-hetero) is 1. The van der Waals surface area contributed by atoms with Crippen LogP contribution in [0.3, 0.4) is 0 Å². The van der Waals surface area contributed by atoms with E-state index in [0.717, 1.165) is 28.0 Å². The van der Waals surface area contributed by atoms with Gasteiger partial charge < -0.3 is 4.74 Å². The Morgan fingerprint density at radius 3 is 2.40 bits per heavy atom. The first-order valence-corrected chi connectivity index (χ1v) is 6.70. The molecule has 100 valence electrons. The smallest absolute Gasteiger partial charge is 0.189 e. The molecule has 2 nitrogen and oxygen atoms in total. The van der Waals surface area contributed by atoms with Crippen molar-refractivity contribution in [3.05, 3.63) is 70.8 Å². The molecule has 1 aliphatic carbocycles. The lowest BCUT2D eigenvalue weighted by molar-refractivity contribution is 0.103. The fourth-order valence-corrected chi connectivity index (χ4v) is 2.67. The van der Waals surface area contributed by atoms with E-state index >= 15 is 0 Å². The number of methoxy groups -OCH3 is 1. The normalized spacial score (nSPS) is 19.2. The largest absolute Gasteiger partial charge is 0.497 e. The molecule has 1 atom stereocenters. The van der Waals surface area contributed by atoms with Gasteiger partial charge in [-0.05, 0) is 29.3 Å². The van der Waals surface area contributed by atoms with E-state index in [-0.39, 0.29) is 11.7 Å². The highest BCUT2D eigenvalue weighted by Crippen LogP contribution is 2.37. The van der Waals surface area contributed by atoms with Gasteiger partial charge in [0, 0.05) is 17.1 Å². The minimum absolute atomic E-state index is 0.143. The van der Waals surface area contributed by atoms with Crippen LogP contribution < -0.4 is 4.74 Å². The summed E-state index contributed by atoms with van der Waals surface area (Å²) in [5, 5.41) is 0. The predicted molar refractivity (Wildman–Crippen MR) is 80.2 cm³/mol. The molecule has 0 N–H and O–H groups in total. The molecule has 2 heteroatoms. The van der Waals surface area contributed by atoms with Crippen molar-refractivity contribution in [1.29, 1.82) is 0 Å². The number of carbonyl (C=O) groups excluding carboxylic acids is 1. The van der Waals surface area contributed by atoms with Gasteiger partial charge in [0.1, 0.15) is 5.75 Å². The van der Waals surface area contributed by atoms with Gasteiger partial charge in [-0.2, -0.15) is 0 Å². The number of hydrogen-bond donors (Lipinski definition) is 0. The third kappa shape index (κ3) is 2.03. The van der Waals surface area contributed by atoms with E-state index in [9.17, 15) is 4.79 Å². The van der Waals surface area contributed by atoms with Crippen LogP contribution in [0.5, 0.6) is 5.75 Å². The molecule has 0 saturated carbocycles. The van der Waals surface area contributed by atoms with E-state index in [2.05, 4.69) is 6.92 Å². The van der Waals surface area contributed by atoms with Gasteiger partial charge in [0.15, 0.2) is 5.78 Å². The molecule has 1 unspecified atom stereocenters. The molecule has 0 fully saturated rings. The van der Waals surface area contributed by atoms with Crippen LogP contribution in [0.1, 0.15) is 34.3 Å². The highest BCUT2D eigenvalue weighted by atomic mass is 16.5. The van der Waals surface area contributed by atoms with Gasteiger partial charge in [-0.15, -0.1) is 0 Å². The van der Waals surface area contributed by atoms with Crippen molar-refractivity contribution in [2.45, 2.75) is 12.8 Å². The Morgan fingerprint density at radius 2 is 1.75 bits per heavy atom. The summed E-state index contributed by atoms with van der Waals surface area (Å²) in [6.45, 7) is 2.08. The Morgan fingerprint density at radius 1 is 1.05 bits per heavy atom. The van der Waals surface area contributed by atoms with Gasteiger partial charge in [0.05, 0.1) is 7.11 Å². The van der Waals surface area contributed by atoms with Crippen molar-refractivity contribution < 1.29 is 9.53 Å². The monoisotopic (exact) mass is 264 g/mol. The topological polar surface area (TPSA) is 26.3 Å². The number of carbonyl (C=O) groups is 1. The fraction of sp³-hybridized carbons (Fsp3) is 0.167. The average Bonchev–Trinajstić information content (AvgIpc) is 2.74. The number of allylic oxidation sites excluding steroid dienone is 1. The molecule has 2 aromatic carbocycles. The number of benzene rings is 2. The fourth-order valence-electron chi connectivity index (χ4n) is 2.67. The Kier molecular flexibility index (Phi) is 3.15. The molecular formula is C18H16O2. The number of ketones is 1. The van der Waals surface area contributed by atoms with Gasteiger partial charge in [0.2, 0.25) is 0 Å². The first-order valence-electron chi connectivity index (χ1n) is 6.70. The Balaban J connectivity index is 1.99. The third-order valence-corrected chi connectivity index (χ3v) is 3.84. The Hall–Kier alpha value is -2.35. The average molecular weight is 264 g/mol. The minimum Gasteiger partial charge on any atom is -0.497 e. The molecule has 20 heavy (non-hydrogen) atoms. The summed E-state index contributed by atoms with van der Waals surface area (Å²) in [7, 11) is 1.65. The van der Waals surface area contributed by atoms with E-state index < -0.39 is 0 Å². The molecule has 2 aromatic rings. The van der Waals surface area contributed by atoms with E-state index in [1.54, 1.807) is 7.11 Å². The van der Waals surface area contributed by atoms with Gasteiger partial charge >= 0.3 is 0 Å². The zero-order valence-corrected chi connectivity index (χ0v) is 11.6. The SMILES string of the molecule is COc1ccc(/C=C2\C(=O)c3ccccc3C2C)cc1. The van der Waals surface area contributed by atoms with Crippen molar-refractivity contribution >= 4 is 11.9 Å². The number of fused-ring (bicyclic) bond motifs is 1. The van der Waals surface area contributed by atoms with Crippen molar-refractivity contribution in [2.24, 2.45) is 0 Å². The third-order valence-electron chi connectivity index (χ3n) is 3.84. The van der Waals surface area contributed by atoms with Crippen LogP contribution in [0.15, 0.2) is 54.1 Å². The number of ether oxygens (including phenoxy) is 1. The summed E-state index contributed by atoms with van der Waals surface area (Å²) in [4.78, 5) is 12.4. The van der Waals surface area contributed by atoms with Gasteiger partial charge in [-0.25, -0.2) is 0 Å². The van der Waals surface area contributed by atoms with E-state index in [1.807, 2.05) is 54.6 Å². The van der Waals surface area contributed by atoms with Crippen LogP contribution in [0, 0.1) is 0 Å². The molecule has 0 bridgehead atoms. The van der Waals surface area contributed by atoms with Crippen LogP contribution in [0.4, 0.5) is 0 Å². The van der Waals surface area contributed by atoms with Crippen LogP contribution in [0.2, 0.25) is 0 Å². The summed E-state index contributed by atoms with van der Waals surface area (Å²) in [6.07, 6.45) is 1.98. The van der Waals surface area contributed by atoms with Crippen LogP contribution in [-0.2, 0) is 0 Å². The van der Waals surface area contributed by atoms with Crippen molar-refractivity contribution in [3.63, 3.8) is 0 Å². The summed E-state index contributed by atoms with van der Waals surface area (Å²) >= 11 is 0. The molecule has 0 radical (unpaired) electrons. The lowest BCUT2D eigenvalue weighted by atomic mass is 9.98. The van der Waals surface area contributed by atoms with Gasteiger partial charge in [-0.1, -0.05) is 43.3 Å². The van der Waals surface area contributed by atoms with Gasteiger partial charge in [-0.3, -0.25) is 4.79 Å². The van der Waals surface area contributed by atoms with Gasteiger partial charge in [0.25, 0.3) is 0 Å². The molecule has 1 aliphatic rings. The van der Waals surface area contributed by atoms with Crippen LogP contribution in [0.25, 0.3) is 6.08 Å².